The van der Waals surface area contributed by atoms with E-state index in [1.54, 1.807) is 0 Å². The standard InChI is InChI=1S/C23H20F2N4O5/c1-29-19(20(30)26-12-23(24,25)21(31)32)18(10-27-29)28-22(33)34-11-17-15-8-4-2-6-13(15)14-7-3-5-9-16(14)17/h2-10,17H,11-12H2,1H3,(H,26,30)(H,28,33)(H,31,32). The first-order valence-electron chi connectivity index (χ1n) is 10.2. The number of aromatic nitrogens is 2. The van der Waals surface area contributed by atoms with E-state index < -0.39 is 30.4 Å². The number of halogens is 2. The van der Waals surface area contributed by atoms with Crippen LogP contribution in [0.1, 0.15) is 27.5 Å². The molecule has 34 heavy (non-hydrogen) atoms. The second kappa shape index (κ2) is 8.93. The molecule has 0 saturated carbocycles. The van der Waals surface area contributed by atoms with E-state index in [0.29, 0.717) is 0 Å². The van der Waals surface area contributed by atoms with Crippen molar-refractivity contribution in [1.82, 2.24) is 15.1 Å². The van der Waals surface area contributed by atoms with Gasteiger partial charge in [0, 0.05) is 13.0 Å². The number of aliphatic carboxylic acids is 1. The molecule has 0 radical (unpaired) electrons. The summed E-state index contributed by atoms with van der Waals surface area (Å²) >= 11 is 0. The zero-order valence-electron chi connectivity index (χ0n) is 17.9. The summed E-state index contributed by atoms with van der Waals surface area (Å²) in [4.78, 5) is 35.4. The average molecular weight is 470 g/mol. The number of ether oxygens (including phenoxy) is 1. The van der Waals surface area contributed by atoms with Gasteiger partial charge in [-0.1, -0.05) is 48.5 Å². The molecule has 0 bridgehead atoms. The van der Waals surface area contributed by atoms with Crippen molar-refractivity contribution in [2.75, 3.05) is 18.5 Å². The molecule has 1 aliphatic carbocycles. The number of carbonyl (C=O) groups excluding carboxylic acids is 2. The molecule has 3 N–H and O–H groups in total. The van der Waals surface area contributed by atoms with E-state index in [0.717, 1.165) is 33.1 Å². The third kappa shape index (κ3) is 4.32. The normalized spacial score (nSPS) is 12.6. The molecule has 1 heterocycles. The molecule has 176 valence electrons. The summed E-state index contributed by atoms with van der Waals surface area (Å²) in [6.45, 7) is -1.39. The molecule has 9 nitrogen and oxygen atoms in total. The third-order valence-corrected chi connectivity index (χ3v) is 5.52. The Kier molecular flexibility index (Phi) is 6.01. The summed E-state index contributed by atoms with van der Waals surface area (Å²) in [6, 6.07) is 15.6. The summed E-state index contributed by atoms with van der Waals surface area (Å²) < 4.78 is 33.1. The minimum absolute atomic E-state index is 0.0342. The van der Waals surface area contributed by atoms with Crippen molar-refractivity contribution in [2.24, 2.45) is 7.05 Å². The molecule has 4 rings (SSSR count). The number of nitrogens with one attached hydrogen (secondary N) is 2. The number of carbonyl (C=O) groups is 3. The second-order valence-corrected chi connectivity index (χ2v) is 7.67. The lowest BCUT2D eigenvalue weighted by Gasteiger charge is -2.15. The van der Waals surface area contributed by atoms with Crippen LogP contribution in [0, 0.1) is 0 Å². The summed E-state index contributed by atoms with van der Waals surface area (Å²) in [5, 5.41) is 16.6. The zero-order chi connectivity index (χ0) is 24.5. The molecule has 3 aromatic rings. The van der Waals surface area contributed by atoms with Gasteiger partial charge in [-0.2, -0.15) is 13.9 Å². The van der Waals surface area contributed by atoms with Gasteiger partial charge in [-0.3, -0.25) is 14.8 Å². The highest BCUT2D eigenvalue weighted by Crippen LogP contribution is 2.44. The zero-order valence-corrected chi connectivity index (χ0v) is 17.9. The van der Waals surface area contributed by atoms with Gasteiger partial charge in [0.2, 0.25) is 0 Å². The van der Waals surface area contributed by atoms with Crippen LogP contribution in [0.2, 0.25) is 0 Å². The fourth-order valence-electron chi connectivity index (χ4n) is 3.89. The monoisotopic (exact) mass is 470 g/mol. The Bertz CT molecular complexity index is 1230. The maximum Gasteiger partial charge on any atom is 0.411 e. The summed E-state index contributed by atoms with van der Waals surface area (Å²) in [5.41, 5.74) is 3.87. The van der Waals surface area contributed by atoms with Crippen LogP contribution in [0.5, 0.6) is 0 Å². The largest absolute Gasteiger partial charge is 0.477 e. The average Bonchev–Trinajstić information content (AvgIpc) is 3.33. The molecule has 2 aromatic carbocycles. The van der Waals surface area contributed by atoms with Crippen molar-refractivity contribution in [1.29, 1.82) is 0 Å². The van der Waals surface area contributed by atoms with Crippen molar-refractivity contribution >= 4 is 23.7 Å². The number of aryl methyl sites for hydroxylation is 1. The van der Waals surface area contributed by atoms with Crippen LogP contribution < -0.4 is 10.6 Å². The van der Waals surface area contributed by atoms with Crippen molar-refractivity contribution in [2.45, 2.75) is 11.8 Å². The van der Waals surface area contributed by atoms with Gasteiger partial charge in [0.1, 0.15) is 12.3 Å². The Balaban J connectivity index is 1.43. The Morgan fingerprint density at radius 2 is 1.68 bits per heavy atom. The van der Waals surface area contributed by atoms with E-state index in [1.165, 1.54) is 7.05 Å². The van der Waals surface area contributed by atoms with Crippen LogP contribution in [-0.2, 0) is 16.6 Å². The van der Waals surface area contributed by atoms with Crippen molar-refractivity contribution in [3.63, 3.8) is 0 Å². The van der Waals surface area contributed by atoms with Crippen molar-refractivity contribution < 1.29 is 33.0 Å². The van der Waals surface area contributed by atoms with Gasteiger partial charge in [0.25, 0.3) is 5.91 Å². The molecule has 11 heteroatoms. The first kappa shape index (κ1) is 22.9. The molecule has 1 aliphatic rings. The SMILES string of the molecule is Cn1ncc(NC(=O)OCC2c3ccccc3-c3ccccc32)c1C(=O)NCC(F)(F)C(=O)O. The molecule has 0 saturated heterocycles. The highest BCUT2D eigenvalue weighted by molar-refractivity contribution is 6.01. The Morgan fingerprint density at radius 3 is 2.26 bits per heavy atom. The Morgan fingerprint density at radius 1 is 1.09 bits per heavy atom. The quantitative estimate of drug-likeness (QED) is 0.487. The number of rotatable bonds is 7. The summed E-state index contributed by atoms with van der Waals surface area (Å²) in [5.74, 6) is -7.72. The molecule has 0 atom stereocenters. The maximum absolute atomic E-state index is 13.3. The van der Waals surface area contributed by atoms with E-state index in [-0.39, 0.29) is 23.9 Å². The van der Waals surface area contributed by atoms with Gasteiger partial charge in [-0.25, -0.2) is 9.59 Å². The van der Waals surface area contributed by atoms with Crippen LogP contribution in [0.3, 0.4) is 0 Å². The van der Waals surface area contributed by atoms with Gasteiger partial charge in [0.05, 0.1) is 18.4 Å². The summed E-state index contributed by atoms with van der Waals surface area (Å²) in [6.07, 6.45) is 0.297. The smallest absolute Gasteiger partial charge is 0.411 e. The van der Waals surface area contributed by atoms with E-state index in [9.17, 15) is 23.2 Å². The molecule has 0 spiro atoms. The number of amides is 2. The predicted octanol–water partition coefficient (Wildman–Crippen LogP) is 3.23. The molecular weight excluding hydrogens is 450 g/mol. The van der Waals surface area contributed by atoms with Gasteiger partial charge in [-0.05, 0) is 22.3 Å². The highest BCUT2D eigenvalue weighted by atomic mass is 19.3. The number of fused-ring (bicyclic) bond motifs is 3. The van der Waals surface area contributed by atoms with Crippen LogP contribution >= 0.6 is 0 Å². The molecule has 0 unspecified atom stereocenters. The van der Waals surface area contributed by atoms with Crippen molar-refractivity contribution in [3.05, 3.63) is 71.5 Å². The van der Waals surface area contributed by atoms with Crippen molar-refractivity contribution in [3.8, 4) is 11.1 Å². The lowest BCUT2D eigenvalue weighted by molar-refractivity contribution is -0.163. The second-order valence-electron chi connectivity index (χ2n) is 7.67. The molecule has 0 fully saturated rings. The van der Waals surface area contributed by atoms with E-state index in [4.69, 9.17) is 9.84 Å². The molecule has 0 aliphatic heterocycles. The molecular formula is C23H20F2N4O5. The maximum atomic E-state index is 13.3. The number of alkyl halides is 2. The summed E-state index contributed by atoms with van der Waals surface area (Å²) in [7, 11) is 1.37. The van der Waals surface area contributed by atoms with Gasteiger partial charge < -0.3 is 15.2 Å². The van der Waals surface area contributed by atoms with Crippen LogP contribution in [-0.4, -0.2) is 51.9 Å². The fourth-order valence-corrected chi connectivity index (χ4v) is 3.89. The topological polar surface area (TPSA) is 123 Å². The third-order valence-electron chi connectivity index (χ3n) is 5.52. The lowest BCUT2D eigenvalue weighted by atomic mass is 9.98. The Labute approximate surface area is 192 Å². The highest BCUT2D eigenvalue weighted by Gasteiger charge is 2.39. The van der Waals surface area contributed by atoms with E-state index >= 15 is 0 Å². The van der Waals surface area contributed by atoms with Crippen LogP contribution in [0.15, 0.2) is 54.7 Å². The first-order valence-corrected chi connectivity index (χ1v) is 10.2. The number of anilines is 1. The molecule has 2 amide bonds. The fraction of sp³-hybridized carbons (Fsp3) is 0.217. The Hall–Kier alpha value is -4.28. The predicted molar refractivity (Wildman–Crippen MR) is 117 cm³/mol. The van der Waals surface area contributed by atoms with Gasteiger partial charge >= 0.3 is 18.0 Å². The lowest BCUT2D eigenvalue weighted by Crippen LogP contribution is -2.42. The van der Waals surface area contributed by atoms with Crippen LogP contribution in [0.25, 0.3) is 11.1 Å². The number of benzene rings is 2. The minimum Gasteiger partial charge on any atom is -0.477 e. The van der Waals surface area contributed by atoms with Gasteiger partial charge in [0.15, 0.2) is 0 Å². The number of carboxylic acid groups (broad SMARTS) is 1. The number of carboxylic acids is 1. The van der Waals surface area contributed by atoms with Gasteiger partial charge in [-0.15, -0.1) is 0 Å². The van der Waals surface area contributed by atoms with E-state index in [2.05, 4.69) is 10.4 Å². The van der Waals surface area contributed by atoms with Crippen LogP contribution in [0.4, 0.5) is 19.3 Å². The number of nitrogens with zero attached hydrogens (tertiary/aromatic N) is 2. The van der Waals surface area contributed by atoms with E-state index in [1.807, 2.05) is 53.8 Å². The molecule has 1 aromatic heterocycles. The first-order chi connectivity index (χ1) is 16.2. The number of hydrogen-bond donors (Lipinski definition) is 3. The number of hydrogen-bond acceptors (Lipinski definition) is 5. The minimum atomic E-state index is -4.14.